The van der Waals surface area contributed by atoms with Gasteiger partial charge in [0.25, 0.3) is 0 Å². The maximum Gasteiger partial charge on any atom is 0.126 e. The summed E-state index contributed by atoms with van der Waals surface area (Å²) in [7, 11) is 0. The van der Waals surface area contributed by atoms with Gasteiger partial charge in [-0.15, -0.1) is 6.58 Å². The smallest absolute Gasteiger partial charge is 0.126 e. The summed E-state index contributed by atoms with van der Waals surface area (Å²) >= 11 is 0. The van der Waals surface area contributed by atoms with Crippen LogP contribution >= 0.6 is 0 Å². The van der Waals surface area contributed by atoms with E-state index in [0.29, 0.717) is 17.3 Å². The highest BCUT2D eigenvalue weighted by Crippen LogP contribution is 2.63. The lowest BCUT2D eigenvalue weighted by atomic mass is 9.46. The summed E-state index contributed by atoms with van der Waals surface area (Å²) in [6.45, 7) is 11.1. The number of hydrogen-bond donors (Lipinski definition) is 0. The van der Waals surface area contributed by atoms with Crippen LogP contribution in [0, 0.1) is 28.1 Å². The van der Waals surface area contributed by atoms with Gasteiger partial charge < -0.3 is 4.79 Å². The summed E-state index contributed by atoms with van der Waals surface area (Å²) in [6, 6.07) is 0. The molecule has 0 bridgehead atoms. The van der Waals surface area contributed by atoms with Crippen molar-refractivity contribution in [1.29, 1.82) is 0 Å². The van der Waals surface area contributed by atoms with Crippen molar-refractivity contribution in [2.75, 3.05) is 0 Å². The Kier molecular flexibility index (Phi) is 3.46. The molecule has 0 radical (unpaired) electrons. The molecule has 0 aliphatic heterocycles. The average Bonchev–Trinajstić information content (AvgIpc) is 2.46. The third kappa shape index (κ3) is 2.15. The van der Waals surface area contributed by atoms with Crippen LogP contribution in [0.25, 0.3) is 0 Å². The van der Waals surface area contributed by atoms with Crippen LogP contribution in [0.1, 0.15) is 65.7 Å². The van der Waals surface area contributed by atoms with Crippen molar-refractivity contribution in [2.45, 2.75) is 65.7 Å². The van der Waals surface area contributed by atoms with E-state index >= 15 is 0 Å². The average molecular weight is 286 g/mol. The maximum absolute atomic E-state index is 11.8. The molecule has 1 unspecified atom stereocenters. The molecule has 116 valence electrons. The highest BCUT2D eigenvalue weighted by Gasteiger charge is 2.55. The SMILES string of the molecule is C=C[C@@]1(C)CC[C@H]2C(=CCC3[C@]2(C)CCC[C@@]3(C)C=O)C1. The number of allylic oxidation sites excluding steroid dienone is 3. The van der Waals surface area contributed by atoms with E-state index in [9.17, 15) is 4.79 Å². The molecule has 2 fully saturated rings. The first-order chi connectivity index (χ1) is 9.87. The lowest BCUT2D eigenvalue weighted by molar-refractivity contribution is -0.129. The lowest BCUT2D eigenvalue weighted by Gasteiger charge is -2.58. The van der Waals surface area contributed by atoms with Crippen LogP contribution in [0.5, 0.6) is 0 Å². The molecule has 1 nitrogen and oxygen atoms in total. The summed E-state index contributed by atoms with van der Waals surface area (Å²) in [4.78, 5) is 11.8. The zero-order valence-corrected chi connectivity index (χ0v) is 14.0. The van der Waals surface area contributed by atoms with Crippen LogP contribution < -0.4 is 0 Å². The van der Waals surface area contributed by atoms with Crippen molar-refractivity contribution in [3.05, 3.63) is 24.3 Å². The van der Waals surface area contributed by atoms with Crippen molar-refractivity contribution in [3.8, 4) is 0 Å². The van der Waals surface area contributed by atoms with Gasteiger partial charge in [-0.3, -0.25) is 0 Å². The molecule has 0 N–H and O–H groups in total. The summed E-state index contributed by atoms with van der Waals surface area (Å²) in [5, 5.41) is 0. The molecule has 3 aliphatic carbocycles. The second-order valence-electron chi connectivity index (χ2n) is 8.68. The third-order valence-electron chi connectivity index (χ3n) is 7.26. The minimum Gasteiger partial charge on any atom is -0.303 e. The zero-order valence-electron chi connectivity index (χ0n) is 14.0. The minimum absolute atomic E-state index is 0.103. The standard InChI is InChI=1S/C20H30O/c1-5-18(2)12-9-16-15(13-18)7-8-17-19(3,14-21)10-6-11-20(16,17)4/h5,7,14,16-17H,1,6,8-13H2,2-4H3/t16-,17?,18-,19-,20+/m0/s1. The van der Waals surface area contributed by atoms with Gasteiger partial charge >= 0.3 is 0 Å². The number of fused-ring (bicyclic) bond motifs is 3. The highest BCUT2D eigenvalue weighted by molar-refractivity contribution is 5.60. The van der Waals surface area contributed by atoms with Gasteiger partial charge in [-0.05, 0) is 61.2 Å². The molecule has 21 heavy (non-hydrogen) atoms. The molecule has 3 aliphatic rings. The maximum atomic E-state index is 11.8. The van der Waals surface area contributed by atoms with Crippen LogP contribution in [0.15, 0.2) is 24.3 Å². The predicted molar refractivity (Wildman–Crippen MR) is 88.0 cm³/mol. The van der Waals surface area contributed by atoms with Gasteiger partial charge in [0, 0.05) is 5.41 Å². The quantitative estimate of drug-likeness (QED) is 0.496. The molecule has 3 rings (SSSR count). The lowest BCUT2D eigenvalue weighted by Crippen LogP contribution is -2.51. The van der Waals surface area contributed by atoms with Crippen molar-refractivity contribution in [2.24, 2.45) is 28.1 Å². The molecule has 1 heteroatoms. The topological polar surface area (TPSA) is 17.1 Å². The Morgan fingerprint density at radius 2 is 2.00 bits per heavy atom. The van der Waals surface area contributed by atoms with Crippen LogP contribution in [0.3, 0.4) is 0 Å². The summed E-state index contributed by atoms with van der Waals surface area (Å²) in [6.07, 6.45) is 14.3. The van der Waals surface area contributed by atoms with Gasteiger partial charge in [0.1, 0.15) is 6.29 Å². The molecule has 5 atom stereocenters. The van der Waals surface area contributed by atoms with Crippen LogP contribution in [0.2, 0.25) is 0 Å². The Hall–Kier alpha value is -0.850. The largest absolute Gasteiger partial charge is 0.303 e. The monoisotopic (exact) mass is 286 g/mol. The number of carbonyl (C=O) groups is 1. The Labute approximate surface area is 129 Å². The van der Waals surface area contributed by atoms with Crippen molar-refractivity contribution in [1.82, 2.24) is 0 Å². The molecule has 0 heterocycles. The Balaban J connectivity index is 1.96. The van der Waals surface area contributed by atoms with E-state index < -0.39 is 0 Å². The van der Waals surface area contributed by atoms with Gasteiger partial charge in [-0.2, -0.15) is 0 Å². The van der Waals surface area contributed by atoms with Crippen LogP contribution in [-0.4, -0.2) is 6.29 Å². The van der Waals surface area contributed by atoms with Crippen molar-refractivity contribution < 1.29 is 4.79 Å². The first kappa shape index (κ1) is 15.1. The van der Waals surface area contributed by atoms with Crippen LogP contribution in [-0.2, 0) is 4.79 Å². The Bertz CT molecular complexity index is 490. The van der Waals surface area contributed by atoms with E-state index in [1.165, 1.54) is 38.4 Å². The van der Waals surface area contributed by atoms with E-state index in [4.69, 9.17) is 0 Å². The minimum atomic E-state index is -0.103. The number of rotatable bonds is 2. The normalized spacial score (nSPS) is 49.6. The first-order valence-corrected chi connectivity index (χ1v) is 8.66. The van der Waals surface area contributed by atoms with Crippen LogP contribution in [0.4, 0.5) is 0 Å². The summed E-state index contributed by atoms with van der Waals surface area (Å²) < 4.78 is 0. The van der Waals surface area contributed by atoms with Gasteiger partial charge in [0.05, 0.1) is 0 Å². The molecule has 0 aromatic rings. The van der Waals surface area contributed by atoms with E-state index in [0.717, 1.165) is 12.8 Å². The fourth-order valence-electron chi connectivity index (χ4n) is 5.80. The molecule has 0 aromatic carbocycles. The third-order valence-corrected chi connectivity index (χ3v) is 7.26. The van der Waals surface area contributed by atoms with Crippen molar-refractivity contribution >= 4 is 6.29 Å². The highest BCUT2D eigenvalue weighted by atomic mass is 16.1. The molecular formula is C20H30O. The van der Waals surface area contributed by atoms with Gasteiger partial charge in [-0.25, -0.2) is 0 Å². The van der Waals surface area contributed by atoms with Gasteiger partial charge in [-0.1, -0.05) is 44.9 Å². The Morgan fingerprint density at radius 3 is 2.67 bits per heavy atom. The fourth-order valence-corrected chi connectivity index (χ4v) is 5.80. The number of carbonyl (C=O) groups excluding carboxylic acids is 1. The zero-order chi connectivity index (χ0) is 15.3. The molecule has 0 amide bonds. The first-order valence-electron chi connectivity index (χ1n) is 8.66. The molecular weight excluding hydrogens is 256 g/mol. The molecule has 0 spiro atoms. The van der Waals surface area contributed by atoms with E-state index in [1.54, 1.807) is 5.57 Å². The number of hydrogen-bond acceptors (Lipinski definition) is 1. The molecule has 0 aromatic heterocycles. The summed E-state index contributed by atoms with van der Waals surface area (Å²) in [5.74, 6) is 1.24. The second kappa shape index (κ2) is 4.83. The fraction of sp³-hybridized carbons (Fsp3) is 0.750. The van der Waals surface area contributed by atoms with E-state index in [2.05, 4.69) is 39.5 Å². The second-order valence-corrected chi connectivity index (χ2v) is 8.68. The number of aldehydes is 1. The van der Waals surface area contributed by atoms with Crippen molar-refractivity contribution in [3.63, 3.8) is 0 Å². The van der Waals surface area contributed by atoms with E-state index in [-0.39, 0.29) is 10.8 Å². The van der Waals surface area contributed by atoms with E-state index in [1.807, 2.05) is 0 Å². The molecule has 2 saturated carbocycles. The molecule has 0 saturated heterocycles. The van der Waals surface area contributed by atoms with Gasteiger partial charge in [0.15, 0.2) is 0 Å². The Morgan fingerprint density at radius 1 is 1.24 bits per heavy atom. The van der Waals surface area contributed by atoms with Gasteiger partial charge in [0.2, 0.25) is 0 Å². The predicted octanol–water partition coefficient (Wildman–Crippen LogP) is 5.32. The summed E-state index contributed by atoms with van der Waals surface area (Å²) in [5.41, 5.74) is 2.18.